The minimum Gasteiger partial charge on any atom is -0.250 e. The van der Waals surface area contributed by atoms with E-state index in [4.69, 9.17) is 11.6 Å². The van der Waals surface area contributed by atoms with Crippen LogP contribution in [-0.4, -0.2) is 6.67 Å². The summed E-state index contributed by atoms with van der Waals surface area (Å²) in [4.78, 5) is 0. The SMILES string of the molecule is CCCCc1cc(Cl)cc(C(C)CF)c1. The summed E-state index contributed by atoms with van der Waals surface area (Å²) in [5.41, 5.74) is 2.23. The van der Waals surface area contributed by atoms with Crippen molar-refractivity contribution in [3.63, 3.8) is 0 Å². The zero-order valence-corrected chi connectivity index (χ0v) is 10.1. The first-order chi connectivity index (χ1) is 7.17. The molecule has 15 heavy (non-hydrogen) atoms. The van der Waals surface area contributed by atoms with Gasteiger partial charge in [0.05, 0.1) is 6.67 Å². The smallest absolute Gasteiger partial charge is 0.0960 e. The molecule has 0 saturated heterocycles. The number of unbranched alkanes of at least 4 members (excludes halogenated alkanes) is 1. The van der Waals surface area contributed by atoms with Gasteiger partial charge in [-0.2, -0.15) is 0 Å². The summed E-state index contributed by atoms with van der Waals surface area (Å²) in [5, 5.41) is 0.721. The van der Waals surface area contributed by atoms with Crippen LogP contribution in [0.25, 0.3) is 0 Å². The van der Waals surface area contributed by atoms with Crippen LogP contribution in [0.5, 0.6) is 0 Å². The lowest BCUT2D eigenvalue weighted by Gasteiger charge is -2.10. The number of alkyl halides is 1. The zero-order chi connectivity index (χ0) is 11.3. The first-order valence-electron chi connectivity index (χ1n) is 5.52. The van der Waals surface area contributed by atoms with Crippen LogP contribution >= 0.6 is 11.6 Å². The van der Waals surface area contributed by atoms with E-state index in [9.17, 15) is 4.39 Å². The molecule has 0 saturated carbocycles. The fourth-order valence-corrected chi connectivity index (χ4v) is 1.84. The Hall–Kier alpha value is -0.560. The van der Waals surface area contributed by atoms with Crippen LogP contribution in [0.2, 0.25) is 5.02 Å². The highest BCUT2D eigenvalue weighted by atomic mass is 35.5. The molecule has 1 aromatic carbocycles. The Labute approximate surface area is 96.5 Å². The molecule has 84 valence electrons. The van der Waals surface area contributed by atoms with Crippen molar-refractivity contribution in [2.24, 2.45) is 0 Å². The van der Waals surface area contributed by atoms with Gasteiger partial charge in [0.1, 0.15) is 0 Å². The molecule has 0 amide bonds. The summed E-state index contributed by atoms with van der Waals surface area (Å²) in [7, 11) is 0. The average molecular weight is 229 g/mol. The Bertz CT molecular complexity index is 309. The van der Waals surface area contributed by atoms with Crippen molar-refractivity contribution in [2.75, 3.05) is 6.67 Å². The minimum atomic E-state index is -0.326. The third kappa shape index (κ3) is 3.83. The third-order valence-electron chi connectivity index (χ3n) is 2.60. The molecule has 0 N–H and O–H groups in total. The standard InChI is InChI=1S/C13H18ClF/c1-3-4-5-11-6-12(10(2)9-15)8-13(14)7-11/h6-8,10H,3-5,9H2,1-2H3. The van der Waals surface area contributed by atoms with Crippen molar-refractivity contribution < 1.29 is 4.39 Å². The number of benzene rings is 1. The van der Waals surface area contributed by atoms with Crippen LogP contribution in [-0.2, 0) is 6.42 Å². The van der Waals surface area contributed by atoms with Gasteiger partial charge in [0.2, 0.25) is 0 Å². The Morgan fingerprint density at radius 1 is 1.33 bits per heavy atom. The number of aryl methyl sites for hydroxylation is 1. The van der Waals surface area contributed by atoms with E-state index in [2.05, 4.69) is 13.0 Å². The largest absolute Gasteiger partial charge is 0.250 e. The van der Waals surface area contributed by atoms with Gasteiger partial charge in [-0.25, -0.2) is 0 Å². The molecule has 0 aliphatic rings. The van der Waals surface area contributed by atoms with Crippen LogP contribution in [0.1, 0.15) is 43.7 Å². The van der Waals surface area contributed by atoms with Gasteiger partial charge in [0, 0.05) is 10.9 Å². The van der Waals surface area contributed by atoms with Crippen molar-refractivity contribution in [3.05, 3.63) is 34.3 Å². The lowest BCUT2D eigenvalue weighted by atomic mass is 9.98. The first-order valence-corrected chi connectivity index (χ1v) is 5.90. The monoisotopic (exact) mass is 228 g/mol. The van der Waals surface area contributed by atoms with Crippen LogP contribution in [0.15, 0.2) is 18.2 Å². The van der Waals surface area contributed by atoms with Gasteiger partial charge in [-0.3, -0.25) is 4.39 Å². The molecular weight excluding hydrogens is 211 g/mol. The molecule has 0 nitrogen and oxygen atoms in total. The molecular formula is C13H18ClF. The van der Waals surface area contributed by atoms with Crippen LogP contribution in [0.3, 0.4) is 0 Å². The summed E-state index contributed by atoms with van der Waals surface area (Å²) >= 11 is 6.01. The van der Waals surface area contributed by atoms with Gasteiger partial charge >= 0.3 is 0 Å². The van der Waals surface area contributed by atoms with E-state index >= 15 is 0 Å². The molecule has 0 aliphatic heterocycles. The first kappa shape index (κ1) is 12.5. The molecule has 1 unspecified atom stereocenters. The van der Waals surface area contributed by atoms with Crippen molar-refractivity contribution in [3.8, 4) is 0 Å². The molecule has 2 heteroatoms. The van der Waals surface area contributed by atoms with E-state index in [1.54, 1.807) is 0 Å². The van der Waals surface area contributed by atoms with E-state index in [0.29, 0.717) is 0 Å². The molecule has 1 atom stereocenters. The van der Waals surface area contributed by atoms with Crippen LogP contribution < -0.4 is 0 Å². The van der Waals surface area contributed by atoms with Crippen molar-refractivity contribution in [2.45, 2.75) is 39.0 Å². The molecule has 0 spiro atoms. The van der Waals surface area contributed by atoms with Gasteiger partial charge in [0.25, 0.3) is 0 Å². The lowest BCUT2D eigenvalue weighted by molar-refractivity contribution is 0.447. The number of hydrogen-bond donors (Lipinski definition) is 0. The molecule has 0 heterocycles. The Morgan fingerprint density at radius 2 is 2.07 bits per heavy atom. The van der Waals surface area contributed by atoms with Gasteiger partial charge in [-0.1, -0.05) is 37.9 Å². The second-order valence-corrected chi connectivity index (χ2v) is 4.49. The lowest BCUT2D eigenvalue weighted by Crippen LogP contribution is -1.97. The maximum absolute atomic E-state index is 12.5. The molecule has 1 rings (SSSR count). The second kappa shape index (κ2) is 6.12. The maximum Gasteiger partial charge on any atom is 0.0960 e. The van der Waals surface area contributed by atoms with Crippen molar-refractivity contribution >= 4 is 11.6 Å². The molecule has 0 bridgehead atoms. The van der Waals surface area contributed by atoms with E-state index < -0.39 is 0 Å². The van der Waals surface area contributed by atoms with E-state index in [1.807, 2.05) is 19.1 Å². The van der Waals surface area contributed by atoms with E-state index in [1.165, 1.54) is 12.0 Å². The van der Waals surface area contributed by atoms with Crippen molar-refractivity contribution in [1.82, 2.24) is 0 Å². The minimum absolute atomic E-state index is 0.0518. The molecule has 0 radical (unpaired) electrons. The number of rotatable bonds is 5. The van der Waals surface area contributed by atoms with Gasteiger partial charge in [-0.05, 0) is 36.1 Å². The normalized spacial score (nSPS) is 12.8. The molecule has 1 aromatic rings. The summed E-state index contributed by atoms with van der Waals surface area (Å²) in [5.74, 6) is -0.0518. The predicted molar refractivity (Wildman–Crippen MR) is 64.5 cm³/mol. The summed E-state index contributed by atoms with van der Waals surface area (Å²) in [6.45, 7) is 3.72. The maximum atomic E-state index is 12.5. The summed E-state index contributed by atoms with van der Waals surface area (Å²) in [6, 6.07) is 5.92. The zero-order valence-electron chi connectivity index (χ0n) is 9.39. The summed E-state index contributed by atoms with van der Waals surface area (Å²) < 4.78 is 12.5. The number of halogens is 2. The molecule has 0 fully saturated rings. The highest BCUT2D eigenvalue weighted by Gasteiger charge is 2.07. The van der Waals surface area contributed by atoms with Gasteiger partial charge < -0.3 is 0 Å². The fraction of sp³-hybridized carbons (Fsp3) is 0.538. The predicted octanol–water partition coefficient (Wildman–Crippen LogP) is 4.76. The Balaban J connectivity index is 2.84. The second-order valence-electron chi connectivity index (χ2n) is 4.05. The third-order valence-corrected chi connectivity index (χ3v) is 2.82. The van der Waals surface area contributed by atoms with Crippen LogP contribution in [0.4, 0.5) is 4.39 Å². The van der Waals surface area contributed by atoms with Gasteiger partial charge in [0.15, 0.2) is 0 Å². The highest BCUT2D eigenvalue weighted by Crippen LogP contribution is 2.23. The number of hydrogen-bond acceptors (Lipinski definition) is 0. The van der Waals surface area contributed by atoms with Crippen molar-refractivity contribution in [1.29, 1.82) is 0 Å². The highest BCUT2D eigenvalue weighted by molar-refractivity contribution is 6.30. The van der Waals surface area contributed by atoms with Crippen LogP contribution in [0, 0.1) is 0 Å². The summed E-state index contributed by atoms with van der Waals surface area (Å²) in [6.07, 6.45) is 3.35. The Kier molecular flexibility index (Phi) is 5.10. The molecule has 0 aromatic heterocycles. The molecule has 0 aliphatic carbocycles. The topological polar surface area (TPSA) is 0 Å². The fourth-order valence-electron chi connectivity index (χ4n) is 1.57. The quantitative estimate of drug-likeness (QED) is 0.682. The van der Waals surface area contributed by atoms with E-state index in [-0.39, 0.29) is 12.6 Å². The Morgan fingerprint density at radius 3 is 2.67 bits per heavy atom. The average Bonchev–Trinajstić information content (AvgIpc) is 2.24. The van der Waals surface area contributed by atoms with Gasteiger partial charge in [-0.15, -0.1) is 0 Å². The van der Waals surface area contributed by atoms with E-state index in [0.717, 1.165) is 23.4 Å².